The van der Waals surface area contributed by atoms with Gasteiger partial charge < -0.3 is 4.90 Å². The molecule has 0 unspecified atom stereocenters. The van der Waals surface area contributed by atoms with E-state index in [0.717, 1.165) is 41.1 Å². The molecule has 30 heavy (non-hydrogen) atoms. The van der Waals surface area contributed by atoms with Crippen LogP contribution in [-0.2, 0) is 16.6 Å². The molecule has 0 saturated carbocycles. The molecular formula is C21H28N6O2S. The summed E-state index contributed by atoms with van der Waals surface area (Å²) in [6.45, 7) is 6.30. The molecule has 2 aromatic heterocycles. The lowest BCUT2D eigenvalue weighted by molar-refractivity contribution is 0.564. The number of nitrogens with zero attached hydrogens (tertiary/aromatic N) is 5. The Hall–Kier alpha value is -2.52. The first-order valence-corrected chi connectivity index (χ1v) is 11.9. The van der Waals surface area contributed by atoms with E-state index in [1.54, 1.807) is 30.2 Å². The summed E-state index contributed by atoms with van der Waals surface area (Å²) in [4.78, 5) is 11.5. The molecule has 0 aliphatic carbocycles. The highest BCUT2D eigenvalue weighted by atomic mass is 32.2. The summed E-state index contributed by atoms with van der Waals surface area (Å²) >= 11 is 0. The molecule has 0 spiro atoms. The van der Waals surface area contributed by atoms with Crippen molar-refractivity contribution in [3.8, 4) is 0 Å². The lowest BCUT2D eigenvalue weighted by atomic mass is 10.2. The molecule has 0 radical (unpaired) electrons. The van der Waals surface area contributed by atoms with Gasteiger partial charge in [0.15, 0.2) is 5.65 Å². The van der Waals surface area contributed by atoms with Gasteiger partial charge in [-0.15, -0.1) is 0 Å². The summed E-state index contributed by atoms with van der Waals surface area (Å²) < 4.78 is 29.9. The molecule has 1 aromatic carbocycles. The van der Waals surface area contributed by atoms with Gasteiger partial charge in [0.05, 0.1) is 23.0 Å². The Morgan fingerprint density at radius 2 is 1.83 bits per heavy atom. The van der Waals surface area contributed by atoms with E-state index >= 15 is 0 Å². The first kappa shape index (κ1) is 20.7. The molecule has 0 bridgehead atoms. The normalized spacial score (nSPS) is 15.5. The SMILES string of the molecule is Cc1ccc(C)c(S(=O)(=O)NCCn2ncc3c(N4CCCCCC4)ncnc32)c1. The molecule has 3 aromatic rings. The molecule has 3 heterocycles. The zero-order valence-electron chi connectivity index (χ0n) is 17.5. The van der Waals surface area contributed by atoms with E-state index in [0.29, 0.717) is 11.4 Å². The van der Waals surface area contributed by atoms with E-state index in [9.17, 15) is 8.42 Å². The summed E-state index contributed by atoms with van der Waals surface area (Å²) in [5, 5.41) is 5.36. The first-order valence-electron chi connectivity index (χ1n) is 10.4. The number of anilines is 1. The minimum absolute atomic E-state index is 0.232. The Morgan fingerprint density at radius 3 is 2.60 bits per heavy atom. The van der Waals surface area contributed by atoms with Gasteiger partial charge >= 0.3 is 0 Å². The van der Waals surface area contributed by atoms with Crippen LogP contribution in [-0.4, -0.2) is 47.8 Å². The standard InChI is InChI=1S/C21H28N6O2S/c1-16-7-8-17(2)19(13-16)30(28,29)25-9-12-27-21-18(14-24-27)20(22-15-23-21)26-10-5-3-4-6-11-26/h7-8,13-15,25H,3-6,9-12H2,1-2H3. The number of aromatic nitrogens is 4. The molecule has 1 N–H and O–H groups in total. The number of benzene rings is 1. The van der Waals surface area contributed by atoms with E-state index in [1.807, 2.05) is 19.1 Å². The van der Waals surface area contributed by atoms with Crippen molar-refractivity contribution in [2.24, 2.45) is 0 Å². The van der Waals surface area contributed by atoms with Crippen molar-refractivity contribution in [3.05, 3.63) is 41.9 Å². The van der Waals surface area contributed by atoms with Crippen LogP contribution in [0.5, 0.6) is 0 Å². The summed E-state index contributed by atoms with van der Waals surface area (Å²) in [6, 6.07) is 5.43. The van der Waals surface area contributed by atoms with E-state index in [2.05, 4.69) is 24.7 Å². The lowest BCUT2D eigenvalue weighted by Crippen LogP contribution is -2.28. The maximum absolute atomic E-state index is 12.7. The van der Waals surface area contributed by atoms with E-state index in [4.69, 9.17) is 0 Å². The van der Waals surface area contributed by atoms with Gasteiger partial charge in [-0.25, -0.2) is 27.8 Å². The molecule has 1 aliphatic rings. The van der Waals surface area contributed by atoms with Crippen LogP contribution in [0.1, 0.15) is 36.8 Å². The Bertz CT molecular complexity index is 1130. The number of hydrogen-bond donors (Lipinski definition) is 1. The van der Waals surface area contributed by atoms with Crippen LogP contribution in [0.15, 0.2) is 35.6 Å². The van der Waals surface area contributed by atoms with Crippen molar-refractivity contribution >= 4 is 26.9 Å². The van der Waals surface area contributed by atoms with Crippen molar-refractivity contribution in [2.45, 2.75) is 51.0 Å². The van der Waals surface area contributed by atoms with Gasteiger partial charge in [-0.05, 0) is 43.9 Å². The van der Waals surface area contributed by atoms with Crippen LogP contribution in [0.25, 0.3) is 11.0 Å². The van der Waals surface area contributed by atoms with Crippen LogP contribution in [0, 0.1) is 13.8 Å². The predicted molar refractivity (Wildman–Crippen MR) is 117 cm³/mol. The zero-order chi connectivity index (χ0) is 21.1. The minimum atomic E-state index is -3.58. The second-order valence-electron chi connectivity index (χ2n) is 7.87. The summed E-state index contributed by atoms with van der Waals surface area (Å²) in [5.41, 5.74) is 2.37. The molecular weight excluding hydrogens is 400 g/mol. The fourth-order valence-electron chi connectivity index (χ4n) is 3.94. The average Bonchev–Trinajstić information content (AvgIpc) is 2.95. The van der Waals surface area contributed by atoms with Crippen molar-refractivity contribution in [2.75, 3.05) is 24.5 Å². The molecule has 1 aliphatic heterocycles. The predicted octanol–water partition coefficient (Wildman–Crippen LogP) is 2.80. The Balaban J connectivity index is 1.50. The van der Waals surface area contributed by atoms with E-state index in [-0.39, 0.29) is 6.54 Å². The van der Waals surface area contributed by atoms with Gasteiger partial charge in [-0.2, -0.15) is 5.10 Å². The lowest BCUT2D eigenvalue weighted by Gasteiger charge is -2.21. The van der Waals surface area contributed by atoms with Gasteiger partial charge in [0.1, 0.15) is 12.1 Å². The van der Waals surface area contributed by atoms with E-state index in [1.165, 1.54) is 25.7 Å². The molecule has 9 heteroatoms. The fourth-order valence-corrected chi connectivity index (χ4v) is 5.29. The summed E-state index contributed by atoms with van der Waals surface area (Å²) in [5.74, 6) is 0.920. The van der Waals surface area contributed by atoms with Gasteiger partial charge in [0.25, 0.3) is 0 Å². The molecule has 8 nitrogen and oxygen atoms in total. The van der Waals surface area contributed by atoms with Gasteiger partial charge in [0.2, 0.25) is 10.0 Å². The second-order valence-corrected chi connectivity index (χ2v) is 9.61. The maximum Gasteiger partial charge on any atom is 0.240 e. The van der Waals surface area contributed by atoms with Crippen molar-refractivity contribution in [3.63, 3.8) is 0 Å². The van der Waals surface area contributed by atoms with E-state index < -0.39 is 10.0 Å². The number of rotatable bonds is 6. The van der Waals surface area contributed by atoms with Gasteiger partial charge in [-0.3, -0.25) is 0 Å². The van der Waals surface area contributed by atoms with Gasteiger partial charge in [0, 0.05) is 19.6 Å². The third-order valence-corrected chi connectivity index (χ3v) is 7.17. The highest BCUT2D eigenvalue weighted by Crippen LogP contribution is 2.25. The summed E-state index contributed by atoms with van der Waals surface area (Å²) in [6.07, 6.45) is 8.20. The molecule has 0 amide bonds. The minimum Gasteiger partial charge on any atom is -0.356 e. The fraction of sp³-hybridized carbons (Fsp3) is 0.476. The third kappa shape index (κ3) is 4.32. The smallest absolute Gasteiger partial charge is 0.240 e. The number of hydrogen-bond acceptors (Lipinski definition) is 6. The highest BCUT2D eigenvalue weighted by molar-refractivity contribution is 7.89. The Morgan fingerprint density at radius 1 is 1.07 bits per heavy atom. The molecule has 160 valence electrons. The van der Waals surface area contributed by atoms with Crippen LogP contribution >= 0.6 is 0 Å². The Labute approximate surface area is 177 Å². The topological polar surface area (TPSA) is 93.0 Å². The number of sulfonamides is 1. The monoisotopic (exact) mass is 428 g/mol. The quantitative estimate of drug-likeness (QED) is 0.649. The average molecular weight is 429 g/mol. The van der Waals surface area contributed by atoms with Gasteiger partial charge in [-0.1, -0.05) is 25.0 Å². The highest BCUT2D eigenvalue weighted by Gasteiger charge is 2.19. The molecule has 1 saturated heterocycles. The van der Waals surface area contributed by atoms with Crippen molar-refractivity contribution in [1.82, 2.24) is 24.5 Å². The number of aryl methyl sites for hydroxylation is 2. The number of fused-ring (bicyclic) bond motifs is 1. The molecule has 1 fully saturated rings. The number of nitrogens with one attached hydrogen (secondary N) is 1. The summed E-state index contributed by atoms with van der Waals surface area (Å²) in [7, 11) is -3.58. The van der Waals surface area contributed by atoms with Crippen LogP contribution in [0.4, 0.5) is 5.82 Å². The first-order chi connectivity index (χ1) is 14.5. The second kappa shape index (κ2) is 8.69. The van der Waals surface area contributed by atoms with Crippen LogP contribution < -0.4 is 9.62 Å². The zero-order valence-corrected chi connectivity index (χ0v) is 18.3. The van der Waals surface area contributed by atoms with Crippen molar-refractivity contribution < 1.29 is 8.42 Å². The largest absolute Gasteiger partial charge is 0.356 e. The Kier molecular flexibility index (Phi) is 6.01. The van der Waals surface area contributed by atoms with Crippen LogP contribution in [0.2, 0.25) is 0 Å². The molecule has 4 rings (SSSR count). The van der Waals surface area contributed by atoms with Crippen molar-refractivity contribution in [1.29, 1.82) is 0 Å². The third-order valence-electron chi connectivity index (χ3n) is 5.57. The maximum atomic E-state index is 12.7. The molecule has 0 atom stereocenters. The van der Waals surface area contributed by atoms with Crippen LogP contribution in [0.3, 0.4) is 0 Å².